The van der Waals surface area contributed by atoms with Crippen molar-refractivity contribution >= 4 is 28.5 Å². The van der Waals surface area contributed by atoms with E-state index in [-0.39, 0.29) is 18.1 Å². The third-order valence-corrected chi connectivity index (χ3v) is 5.12. The molecule has 1 N–H and O–H groups in total. The van der Waals surface area contributed by atoms with Gasteiger partial charge in [0.25, 0.3) is 5.91 Å². The van der Waals surface area contributed by atoms with E-state index in [0.29, 0.717) is 22.3 Å². The minimum absolute atomic E-state index is 0.0102. The fourth-order valence-corrected chi connectivity index (χ4v) is 3.36. The molecule has 0 aliphatic carbocycles. The number of ether oxygens (including phenoxy) is 2. The number of halogens is 3. The molecule has 4 rings (SSSR count). The normalized spacial score (nSPS) is 12.2. The smallest absolute Gasteiger partial charge is 0.416 e. The van der Waals surface area contributed by atoms with E-state index in [2.05, 4.69) is 5.32 Å². The van der Waals surface area contributed by atoms with Gasteiger partial charge in [0, 0.05) is 11.1 Å². The lowest BCUT2D eigenvalue weighted by Crippen LogP contribution is -2.30. The highest BCUT2D eigenvalue weighted by atomic mass is 19.4. The second-order valence-corrected chi connectivity index (χ2v) is 7.62. The van der Waals surface area contributed by atoms with E-state index in [0.717, 1.165) is 12.1 Å². The first-order valence-electron chi connectivity index (χ1n) is 10.6. The number of para-hydroxylation sites is 2. The Kier molecular flexibility index (Phi) is 6.77. The number of alkyl halides is 3. The zero-order valence-corrected chi connectivity index (χ0v) is 18.5. The minimum Gasteiger partial charge on any atom is -0.489 e. The molecule has 1 amide bonds. The van der Waals surface area contributed by atoms with Crippen LogP contribution in [0.2, 0.25) is 0 Å². The van der Waals surface area contributed by atoms with Gasteiger partial charge in [-0.05, 0) is 43.3 Å². The highest BCUT2D eigenvalue weighted by Gasteiger charge is 2.31. The van der Waals surface area contributed by atoms with Crippen molar-refractivity contribution in [3.05, 3.63) is 95.7 Å². The Morgan fingerprint density at radius 2 is 1.69 bits per heavy atom. The van der Waals surface area contributed by atoms with E-state index in [1.165, 1.54) is 19.1 Å². The average Bonchev–Trinajstić information content (AvgIpc) is 3.22. The number of nitrogens with one attached hydrogen (secondary N) is 1. The Hall–Kier alpha value is -4.27. The summed E-state index contributed by atoms with van der Waals surface area (Å²) in [6.07, 6.45) is -5.87. The first kappa shape index (κ1) is 23.9. The van der Waals surface area contributed by atoms with Gasteiger partial charge in [0.1, 0.15) is 17.9 Å². The van der Waals surface area contributed by atoms with E-state index in [9.17, 15) is 22.8 Å². The summed E-state index contributed by atoms with van der Waals surface area (Å²) in [5.41, 5.74) is -0.106. The molecular weight excluding hydrogens is 463 g/mol. The Morgan fingerprint density at radius 1 is 0.971 bits per heavy atom. The number of amides is 1. The summed E-state index contributed by atoms with van der Waals surface area (Å²) in [5, 5.41) is 2.98. The van der Waals surface area contributed by atoms with Crippen LogP contribution in [0.25, 0.3) is 11.0 Å². The maximum Gasteiger partial charge on any atom is 0.416 e. The highest BCUT2D eigenvalue weighted by Crippen LogP contribution is 2.31. The second-order valence-electron chi connectivity index (χ2n) is 7.62. The largest absolute Gasteiger partial charge is 0.489 e. The topological polar surface area (TPSA) is 77.8 Å². The lowest BCUT2D eigenvalue weighted by Gasteiger charge is -2.14. The summed E-state index contributed by atoms with van der Waals surface area (Å²) >= 11 is 0. The molecule has 0 fully saturated rings. The van der Waals surface area contributed by atoms with Gasteiger partial charge in [-0.1, -0.05) is 42.5 Å². The summed E-state index contributed by atoms with van der Waals surface area (Å²) < 4.78 is 55.5. The van der Waals surface area contributed by atoms with Crippen molar-refractivity contribution in [1.82, 2.24) is 0 Å². The number of hydrogen-bond donors (Lipinski definition) is 1. The molecule has 35 heavy (non-hydrogen) atoms. The lowest BCUT2D eigenvalue weighted by atomic mass is 10.1. The van der Waals surface area contributed by atoms with E-state index in [4.69, 9.17) is 13.9 Å². The predicted octanol–water partition coefficient (Wildman–Crippen LogP) is 6.21. The molecule has 0 aliphatic rings. The van der Waals surface area contributed by atoms with Crippen LogP contribution in [0.15, 0.2) is 83.3 Å². The van der Waals surface area contributed by atoms with Crippen LogP contribution in [0.1, 0.15) is 28.6 Å². The number of anilines is 1. The molecule has 0 bridgehead atoms. The molecule has 0 saturated heterocycles. The first-order chi connectivity index (χ1) is 16.7. The Balaban J connectivity index is 1.49. The van der Waals surface area contributed by atoms with Gasteiger partial charge >= 0.3 is 12.1 Å². The molecule has 4 aromatic rings. The number of benzene rings is 3. The van der Waals surface area contributed by atoms with E-state index < -0.39 is 29.7 Å². The van der Waals surface area contributed by atoms with Gasteiger partial charge in [-0.2, -0.15) is 13.2 Å². The third kappa shape index (κ3) is 5.63. The van der Waals surface area contributed by atoms with E-state index >= 15 is 0 Å². The third-order valence-electron chi connectivity index (χ3n) is 5.12. The zero-order valence-electron chi connectivity index (χ0n) is 18.5. The lowest BCUT2D eigenvalue weighted by molar-refractivity contribution is -0.137. The standard InChI is InChI=1S/C26H20F3NO5/c1-16(24(31)30-18-9-7-8-17(14-18)26(27,28)29)34-25(32)23-21(15-33-19-10-3-2-4-11-19)20-12-5-6-13-22(20)35-23/h2-14,16H,15H2,1H3,(H,30,31). The fourth-order valence-electron chi connectivity index (χ4n) is 3.36. The van der Waals surface area contributed by atoms with Gasteiger partial charge in [0.15, 0.2) is 6.10 Å². The van der Waals surface area contributed by atoms with Crippen LogP contribution < -0.4 is 10.1 Å². The van der Waals surface area contributed by atoms with Crippen LogP contribution in [0.4, 0.5) is 18.9 Å². The predicted molar refractivity (Wildman–Crippen MR) is 122 cm³/mol. The molecule has 1 heterocycles. The average molecular weight is 483 g/mol. The van der Waals surface area contributed by atoms with Gasteiger partial charge in [-0.25, -0.2) is 4.79 Å². The van der Waals surface area contributed by atoms with Crippen molar-refractivity contribution in [1.29, 1.82) is 0 Å². The molecule has 9 heteroatoms. The summed E-state index contributed by atoms with van der Waals surface area (Å²) in [7, 11) is 0. The fraction of sp³-hybridized carbons (Fsp3) is 0.154. The van der Waals surface area contributed by atoms with Gasteiger partial charge < -0.3 is 19.2 Å². The number of rotatable bonds is 7. The zero-order chi connectivity index (χ0) is 25.0. The van der Waals surface area contributed by atoms with Gasteiger partial charge in [0.2, 0.25) is 5.76 Å². The molecule has 1 aromatic heterocycles. The Labute approximate surface area is 198 Å². The molecule has 1 unspecified atom stereocenters. The van der Waals surface area contributed by atoms with Gasteiger partial charge in [-0.3, -0.25) is 4.79 Å². The number of carbonyl (C=O) groups excluding carboxylic acids is 2. The molecular formula is C26H20F3NO5. The minimum atomic E-state index is -4.56. The summed E-state index contributed by atoms with van der Waals surface area (Å²) in [6.45, 7) is 1.32. The Bertz CT molecular complexity index is 1350. The SMILES string of the molecule is CC(OC(=O)c1oc2ccccc2c1COc1ccccc1)C(=O)Nc1cccc(C(F)(F)F)c1. The highest BCUT2D eigenvalue weighted by molar-refractivity contribution is 5.99. The molecule has 0 radical (unpaired) electrons. The van der Waals surface area contributed by atoms with Crippen molar-refractivity contribution in [2.24, 2.45) is 0 Å². The van der Waals surface area contributed by atoms with Crippen LogP contribution in [0.3, 0.4) is 0 Å². The first-order valence-corrected chi connectivity index (χ1v) is 10.6. The van der Waals surface area contributed by atoms with E-state index in [1.54, 1.807) is 36.4 Å². The number of fused-ring (bicyclic) bond motifs is 1. The number of esters is 1. The van der Waals surface area contributed by atoms with Crippen molar-refractivity contribution in [3.8, 4) is 5.75 Å². The monoisotopic (exact) mass is 483 g/mol. The van der Waals surface area contributed by atoms with Crippen molar-refractivity contribution in [3.63, 3.8) is 0 Å². The van der Waals surface area contributed by atoms with Gasteiger partial charge in [0.05, 0.1) is 11.1 Å². The molecule has 0 spiro atoms. The maximum absolute atomic E-state index is 12.9. The van der Waals surface area contributed by atoms with E-state index in [1.807, 2.05) is 18.2 Å². The summed E-state index contributed by atoms with van der Waals surface area (Å²) in [6, 6.07) is 20.1. The molecule has 0 aliphatic heterocycles. The second kappa shape index (κ2) is 9.92. The van der Waals surface area contributed by atoms with Crippen LogP contribution in [0.5, 0.6) is 5.75 Å². The van der Waals surface area contributed by atoms with Crippen LogP contribution >= 0.6 is 0 Å². The molecule has 0 saturated carbocycles. The van der Waals surface area contributed by atoms with Crippen LogP contribution in [-0.2, 0) is 22.3 Å². The molecule has 180 valence electrons. The van der Waals surface area contributed by atoms with Crippen molar-refractivity contribution in [2.45, 2.75) is 25.8 Å². The maximum atomic E-state index is 12.9. The van der Waals surface area contributed by atoms with Gasteiger partial charge in [-0.15, -0.1) is 0 Å². The Morgan fingerprint density at radius 3 is 2.43 bits per heavy atom. The summed E-state index contributed by atoms with van der Waals surface area (Å²) in [5.74, 6) is -1.23. The number of hydrogen-bond acceptors (Lipinski definition) is 5. The molecule has 6 nitrogen and oxygen atoms in total. The van der Waals surface area contributed by atoms with Crippen molar-refractivity contribution in [2.75, 3.05) is 5.32 Å². The molecule has 3 aromatic carbocycles. The summed E-state index contributed by atoms with van der Waals surface area (Å²) in [4.78, 5) is 25.4. The quantitative estimate of drug-likeness (QED) is 0.316. The van der Waals surface area contributed by atoms with Crippen LogP contribution in [0, 0.1) is 0 Å². The van der Waals surface area contributed by atoms with Crippen LogP contribution in [-0.4, -0.2) is 18.0 Å². The molecule has 1 atom stereocenters. The number of furan rings is 1. The number of carbonyl (C=O) groups is 2. The van der Waals surface area contributed by atoms with Crippen molar-refractivity contribution < 1.29 is 36.7 Å².